The van der Waals surface area contributed by atoms with Crippen molar-refractivity contribution in [1.82, 2.24) is 31.3 Å². The van der Waals surface area contributed by atoms with E-state index < -0.39 is 35.4 Å². The molecular weight excluding hydrogens is 657 g/mol. The van der Waals surface area contributed by atoms with Gasteiger partial charge in [-0.1, -0.05) is 18.2 Å². The average Bonchev–Trinajstić information content (AvgIpc) is 3.62. The first-order valence-corrected chi connectivity index (χ1v) is 16.8. The molecule has 13 nitrogen and oxygen atoms in total. The molecule has 1 aliphatic rings. The van der Waals surface area contributed by atoms with Crippen LogP contribution >= 0.6 is 0 Å². The number of anilines is 1. The molecule has 3 aromatic carbocycles. The largest absolute Gasteiger partial charge is 0.478 e. The van der Waals surface area contributed by atoms with Crippen LogP contribution in [0.1, 0.15) is 67.9 Å². The van der Waals surface area contributed by atoms with E-state index in [9.17, 15) is 24.3 Å². The third-order valence-electron chi connectivity index (χ3n) is 8.78. The number of rotatable bonds is 11. The number of carbonyl (C=O) groups is 4. The molecule has 1 aromatic heterocycles. The van der Waals surface area contributed by atoms with Crippen LogP contribution in [-0.4, -0.2) is 67.8 Å². The number of hydrogen-bond donors (Lipinski definition) is 5. The van der Waals surface area contributed by atoms with Gasteiger partial charge in [-0.25, -0.2) is 14.0 Å². The Hall–Kier alpha value is -5.66. The van der Waals surface area contributed by atoms with E-state index in [1.54, 1.807) is 70.2 Å². The first-order chi connectivity index (χ1) is 24.3. The van der Waals surface area contributed by atoms with E-state index >= 15 is 4.39 Å². The molecule has 1 heterocycles. The van der Waals surface area contributed by atoms with Crippen LogP contribution in [0.4, 0.5) is 14.9 Å². The van der Waals surface area contributed by atoms with E-state index in [-0.39, 0.29) is 35.3 Å². The average molecular weight is 700 g/mol. The van der Waals surface area contributed by atoms with Gasteiger partial charge in [-0.3, -0.25) is 9.59 Å². The fraction of sp³-hybridized carbons (Fsp3) is 0.378. The molecule has 1 atom stereocenters. The number of ether oxygens (including phenoxy) is 1. The molecule has 3 amide bonds. The molecule has 5 rings (SSSR count). The number of nitrogens with zero attached hydrogens (tertiary/aromatic N) is 3. The quantitative estimate of drug-likeness (QED) is 0.131. The summed E-state index contributed by atoms with van der Waals surface area (Å²) in [6, 6.07) is 14.9. The summed E-state index contributed by atoms with van der Waals surface area (Å²) in [6.07, 6.45) is 2.15. The minimum atomic E-state index is -1.07. The molecule has 0 spiro atoms. The second-order valence-corrected chi connectivity index (χ2v) is 13.8. The van der Waals surface area contributed by atoms with Gasteiger partial charge in [-0.15, -0.1) is 10.2 Å². The number of aromatic carboxylic acids is 1. The summed E-state index contributed by atoms with van der Waals surface area (Å²) >= 11 is 0. The predicted octanol–water partition coefficient (Wildman–Crippen LogP) is 5.68. The van der Waals surface area contributed by atoms with Crippen LogP contribution in [-0.2, 0) is 20.7 Å². The Morgan fingerprint density at radius 1 is 0.980 bits per heavy atom. The maximum Gasteiger partial charge on any atom is 0.407 e. The van der Waals surface area contributed by atoms with Gasteiger partial charge in [0.15, 0.2) is 0 Å². The molecule has 0 saturated heterocycles. The Labute approximate surface area is 294 Å². The number of aryl methyl sites for hydroxylation is 1. The standard InChI is InChI=1S/C37H42FN7O6/c1-21-17-26(35(48)49)12-16-28(21)29-15-7-23(18-30(29)38)19-31(34(47)40-27-13-10-24(11-14-27)32-42-44-45-43-32)41-33(46)25-8-5-22(6-9-25)20-39-36(50)51-37(2,3)4/h7,10-18,22,25,31H,5-6,8-9,19-20H2,1-4H3,(H,39,50)(H,40,47)(H,41,46)(H,48,49)(H,42,43,44,45)/t22-,25-,31-/m0/s1. The lowest BCUT2D eigenvalue weighted by Crippen LogP contribution is -2.48. The molecule has 14 heteroatoms. The molecular formula is C37H42FN7O6. The lowest BCUT2D eigenvalue weighted by molar-refractivity contribution is -0.130. The van der Waals surface area contributed by atoms with Crippen molar-refractivity contribution in [3.8, 4) is 22.5 Å². The molecule has 0 unspecified atom stereocenters. The van der Waals surface area contributed by atoms with E-state index in [2.05, 4.69) is 36.6 Å². The summed E-state index contributed by atoms with van der Waals surface area (Å²) < 4.78 is 20.9. The second-order valence-electron chi connectivity index (χ2n) is 13.8. The number of H-pyrrole nitrogens is 1. The Bertz CT molecular complexity index is 1870. The lowest BCUT2D eigenvalue weighted by Gasteiger charge is -2.29. The summed E-state index contributed by atoms with van der Waals surface area (Å²) in [7, 11) is 0. The maximum absolute atomic E-state index is 15.6. The van der Waals surface area contributed by atoms with E-state index in [0.717, 1.165) is 12.8 Å². The lowest BCUT2D eigenvalue weighted by atomic mass is 9.81. The number of amides is 3. The number of carbonyl (C=O) groups excluding carboxylic acids is 3. The highest BCUT2D eigenvalue weighted by Crippen LogP contribution is 2.30. The number of nitrogens with one attached hydrogen (secondary N) is 4. The van der Waals surface area contributed by atoms with E-state index in [1.807, 2.05) is 0 Å². The number of tetrazole rings is 1. The van der Waals surface area contributed by atoms with Crippen LogP contribution in [0.25, 0.3) is 22.5 Å². The Balaban J connectivity index is 1.28. The number of alkyl carbamates (subject to hydrolysis) is 1. The molecule has 1 fully saturated rings. The van der Waals surface area contributed by atoms with Gasteiger partial charge >= 0.3 is 12.1 Å². The fourth-order valence-corrected chi connectivity index (χ4v) is 6.12. The summed E-state index contributed by atoms with van der Waals surface area (Å²) in [5, 5.41) is 31.7. The number of carboxylic acids is 1. The van der Waals surface area contributed by atoms with Gasteiger partial charge in [0.1, 0.15) is 17.5 Å². The Morgan fingerprint density at radius 3 is 2.29 bits per heavy atom. The molecule has 0 radical (unpaired) electrons. The van der Waals surface area contributed by atoms with Crippen molar-refractivity contribution in [1.29, 1.82) is 0 Å². The zero-order valence-electron chi connectivity index (χ0n) is 29.0. The number of halogens is 1. The normalized spacial score (nSPS) is 16.5. The summed E-state index contributed by atoms with van der Waals surface area (Å²) in [6.45, 7) is 7.56. The maximum atomic E-state index is 15.6. The molecule has 0 bridgehead atoms. The minimum absolute atomic E-state index is 0.0157. The summed E-state index contributed by atoms with van der Waals surface area (Å²) in [5.41, 5.74) is 2.61. The monoisotopic (exact) mass is 699 g/mol. The zero-order valence-corrected chi connectivity index (χ0v) is 29.0. The van der Waals surface area contributed by atoms with Gasteiger partial charge in [-0.2, -0.15) is 5.21 Å². The van der Waals surface area contributed by atoms with Gasteiger partial charge in [0.05, 0.1) is 5.56 Å². The molecule has 1 saturated carbocycles. The van der Waals surface area contributed by atoms with Crippen LogP contribution < -0.4 is 16.0 Å². The highest BCUT2D eigenvalue weighted by Gasteiger charge is 2.30. The van der Waals surface area contributed by atoms with Crippen molar-refractivity contribution in [2.45, 2.75) is 71.4 Å². The first kappa shape index (κ1) is 36.6. The molecule has 1 aliphatic carbocycles. The summed E-state index contributed by atoms with van der Waals surface area (Å²) in [5.74, 6) is -2.10. The van der Waals surface area contributed by atoms with Crippen molar-refractivity contribution < 1.29 is 33.4 Å². The minimum Gasteiger partial charge on any atom is -0.478 e. The molecule has 268 valence electrons. The molecule has 0 aliphatic heterocycles. The van der Waals surface area contributed by atoms with E-state index in [0.29, 0.717) is 53.2 Å². The van der Waals surface area contributed by atoms with Crippen LogP contribution in [0.3, 0.4) is 0 Å². The fourth-order valence-electron chi connectivity index (χ4n) is 6.12. The van der Waals surface area contributed by atoms with Crippen molar-refractivity contribution in [3.63, 3.8) is 0 Å². The van der Waals surface area contributed by atoms with Crippen molar-refractivity contribution in [2.24, 2.45) is 11.8 Å². The number of aromatic nitrogens is 4. The van der Waals surface area contributed by atoms with Gasteiger partial charge in [-0.05, 0) is 124 Å². The zero-order chi connectivity index (χ0) is 36.7. The predicted molar refractivity (Wildman–Crippen MR) is 187 cm³/mol. The molecule has 4 aromatic rings. The van der Waals surface area contributed by atoms with E-state index in [4.69, 9.17) is 4.74 Å². The Morgan fingerprint density at radius 2 is 1.69 bits per heavy atom. The summed E-state index contributed by atoms with van der Waals surface area (Å²) in [4.78, 5) is 50.7. The highest BCUT2D eigenvalue weighted by atomic mass is 19.1. The number of benzene rings is 3. The topological polar surface area (TPSA) is 188 Å². The van der Waals surface area contributed by atoms with Crippen LogP contribution in [0.15, 0.2) is 60.7 Å². The number of carboxylic acid groups (broad SMARTS) is 1. The van der Waals surface area contributed by atoms with Crippen molar-refractivity contribution in [3.05, 3.63) is 83.2 Å². The van der Waals surface area contributed by atoms with Gasteiger partial charge < -0.3 is 25.8 Å². The van der Waals surface area contributed by atoms with E-state index in [1.165, 1.54) is 18.2 Å². The molecule has 5 N–H and O–H groups in total. The van der Waals surface area contributed by atoms with Crippen LogP contribution in [0.2, 0.25) is 0 Å². The number of aromatic amines is 1. The third-order valence-corrected chi connectivity index (χ3v) is 8.78. The SMILES string of the molecule is Cc1cc(C(=O)O)ccc1-c1ccc(C[C@H](NC(=O)[C@H]2CC[C@H](CNC(=O)OC(C)(C)C)CC2)C(=O)Nc2ccc(-c3nn[nH]n3)cc2)cc1F. The first-order valence-electron chi connectivity index (χ1n) is 16.8. The van der Waals surface area contributed by atoms with Crippen LogP contribution in [0, 0.1) is 24.6 Å². The Kier molecular flexibility index (Phi) is 11.4. The second kappa shape index (κ2) is 15.9. The third kappa shape index (κ3) is 9.96. The van der Waals surface area contributed by atoms with Gasteiger partial charge in [0, 0.05) is 35.7 Å². The van der Waals surface area contributed by atoms with Crippen molar-refractivity contribution in [2.75, 3.05) is 11.9 Å². The van der Waals surface area contributed by atoms with Gasteiger partial charge in [0.2, 0.25) is 17.6 Å². The van der Waals surface area contributed by atoms with Crippen molar-refractivity contribution >= 4 is 29.6 Å². The highest BCUT2D eigenvalue weighted by molar-refractivity contribution is 5.98. The van der Waals surface area contributed by atoms with Crippen LogP contribution in [0.5, 0.6) is 0 Å². The van der Waals surface area contributed by atoms with Gasteiger partial charge in [0.25, 0.3) is 0 Å². The smallest absolute Gasteiger partial charge is 0.407 e. The molecule has 51 heavy (non-hydrogen) atoms. The number of hydrogen-bond acceptors (Lipinski definition) is 8.